The normalized spacial score (nSPS) is 13.1. The van der Waals surface area contributed by atoms with Crippen molar-refractivity contribution >= 4 is 17.9 Å². The molecule has 0 bridgehead atoms. The maximum Gasteiger partial charge on any atom is 0.362 e. The molecule has 0 aromatic carbocycles. The Labute approximate surface area is 358 Å². The molecule has 0 saturated heterocycles. The summed E-state index contributed by atoms with van der Waals surface area (Å²) in [4.78, 5) is 37.1. The first-order chi connectivity index (χ1) is 28.1. The fourth-order valence-corrected chi connectivity index (χ4v) is 7.26. The topological polar surface area (TPSA) is 99.1 Å². The third-order valence-electron chi connectivity index (χ3n) is 11.1. The van der Waals surface area contributed by atoms with E-state index in [9.17, 15) is 19.5 Å². The molecule has 0 amide bonds. The highest BCUT2D eigenvalue weighted by Gasteiger charge is 2.31. The van der Waals surface area contributed by atoms with Crippen LogP contribution >= 0.6 is 0 Å². The zero-order valence-corrected chi connectivity index (χ0v) is 38.8. The van der Waals surface area contributed by atoms with Gasteiger partial charge in [0.15, 0.2) is 12.1 Å². The van der Waals surface area contributed by atoms with E-state index in [-0.39, 0.29) is 36.2 Å². The van der Waals surface area contributed by atoms with Crippen molar-refractivity contribution in [2.24, 2.45) is 0 Å². The van der Waals surface area contributed by atoms with Gasteiger partial charge in [0.1, 0.15) is 6.61 Å². The van der Waals surface area contributed by atoms with Crippen LogP contribution in [0, 0.1) is 0 Å². The molecule has 8 heteroatoms. The van der Waals surface area contributed by atoms with Crippen LogP contribution in [0.2, 0.25) is 0 Å². The molecule has 0 radical (unpaired) electrons. The predicted molar refractivity (Wildman–Crippen MR) is 243 cm³/mol. The lowest BCUT2D eigenvalue weighted by molar-refractivity contribution is -0.887. The van der Waals surface area contributed by atoms with Gasteiger partial charge in [-0.25, -0.2) is 4.79 Å². The number of rotatable bonds is 44. The first kappa shape index (κ1) is 55.8. The quantitative estimate of drug-likeness (QED) is 0.0283. The number of carboxylic acid groups (broad SMARTS) is 1. The fourth-order valence-electron chi connectivity index (χ4n) is 7.26. The van der Waals surface area contributed by atoms with Crippen molar-refractivity contribution in [3.63, 3.8) is 0 Å². The van der Waals surface area contributed by atoms with Crippen LogP contribution in [0.5, 0.6) is 0 Å². The molecule has 2 atom stereocenters. The first-order valence-electron chi connectivity index (χ1n) is 24.4. The Morgan fingerprint density at radius 1 is 0.500 bits per heavy atom. The lowest BCUT2D eigenvalue weighted by atomic mass is 10.1. The van der Waals surface area contributed by atoms with Gasteiger partial charge in [-0.3, -0.25) is 9.59 Å². The van der Waals surface area contributed by atoms with Gasteiger partial charge >= 0.3 is 17.9 Å². The summed E-state index contributed by atoms with van der Waals surface area (Å²) in [5.41, 5.74) is 0. The van der Waals surface area contributed by atoms with Gasteiger partial charge in [-0.05, 0) is 64.2 Å². The number of allylic oxidation sites excluding steroid dienone is 4. The molecule has 0 aliphatic carbocycles. The van der Waals surface area contributed by atoms with Crippen LogP contribution in [-0.2, 0) is 28.6 Å². The van der Waals surface area contributed by atoms with Crippen molar-refractivity contribution in [2.75, 3.05) is 41.0 Å². The van der Waals surface area contributed by atoms with E-state index in [0.29, 0.717) is 19.3 Å². The van der Waals surface area contributed by atoms with Gasteiger partial charge in [0.2, 0.25) is 0 Å². The predicted octanol–water partition coefficient (Wildman–Crippen LogP) is 13.6. The largest absolute Gasteiger partial charge is 0.477 e. The van der Waals surface area contributed by atoms with Gasteiger partial charge in [-0.1, -0.05) is 167 Å². The summed E-state index contributed by atoms with van der Waals surface area (Å²) < 4.78 is 17.3. The maximum atomic E-state index is 12.8. The SMILES string of the molecule is CCCCCC/C=C/CCCCCCCCCC(=O)OCC(COCCC(C(=O)O)[N+](C)(C)C)OC(=O)CCCCCCCCC/C=C/CCCCCCCCCC. The average Bonchev–Trinajstić information content (AvgIpc) is 3.18. The van der Waals surface area contributed by atoms with Gasteiger partial charge in [0.25, 0.3) is 0 Å². The average molecular weight is 821 g/mol. The van der Waals surface area contributed by atoms with Crippen LogP contribution in [0.1, 0.15) is 226 Å². The van der Waals surface area contributed by atoms with Crippen LogP contribution in [0.15, 0.2) is 24.3 Å². The van der Waals surface area contributed by atoms with Crippen LogP contribution in [0.25, 0.3) is 0 Å². The van der Waals surface area contributed by atoms with E-state index < -0.39 is 18.1 Å². The molecule has 0 aliphatic heterocycles. The van der Waals surface area contributed by atoms with Crippen molar-refractivity contribution in [3.8, 4) is 0 Å². The molecule has 58 heavy (non-hydrogen) atoms. The minimum atomic E-state index is -0.874. The highest BCUT2D eigenvalue weighted by Crippen LogP contribution is 2.15. The molecule has 0 aliphatic rings. The van der Waals surface area contributed by atoms with Gasteiger partial charge in [0, 0.05) is 19.3 Å². The summed E-state index contributed by atoms with van der Waals surface area (Å²) >= 11 is 0. The van der Waals surface area contributed by atoms with Gasteiger partial charge in [-0.15, -0.1) is 0 Å². The van der Waals surface area contributed by atoms with Gasteiger partial charge in [-0.2, -0.15) is 0 Å². The van der Waals surface area contributed by atoms with Crippen molar-refractivity contribution in [3.05, 3.63) is 24.3 Å². The van der Waals surface area contributed by atoms with E-state index in [1.165, 1.54) is 154 Å². The number of nitrogens with zero attached hydrogens (tertiary/aromatic N) is 1. The van der Waals surface area contributed by atoms with E-state index in [1.54, 1.807) is 0 Å². The Hall–Kier alpha value is -2.19. The standard InChI is InChI=1S/C50H93NO7/c1-6-8-10-12-14-16-18-20-22-23-24-25-27-29-31-33-35-37-39-41-49(53)58-46(44-56-43-42-47(50(54)55)51(3,4)5)45-57-48(52)40-38-36-34-32-30-28-26-21-19-17-15-13-11-9-7-2/h17,19,23-24,46-47H,6-16,18,20-22,25-45H2,1-5H3/p+1/b19-17+,24-23+. The minimum Gasteiger partial charge on any atom is -0.477 e. The third kappa shape index (κ3) is 39.3. The van der Waals surface area contributed by atoms with Crippen LogP contribution in [0.3, 0.4) is 0 Å². The number of quaternary nitrogens is 1. The Kier molecular flexibility index (Phi) is 40.0. The number of esters is 2. The summed E-state index contributed by atoms with van der Waals surface area (Å²) in [6, 6.07) is -0.614. The molecular formula is C50H94NO7+. The Morgan fingerprint density at radius 2 is 0.862 bits per heavy atom. The Bertz CT molecular complexity index is 1000. The third-order valence-corrected chi connectivity index (χ3v) is 11.1. The number of carboxylic acids is 1. The molecule has 340 valence electrons. The molecule has 0 fully saturated rings. The minimum absolute atomic E-state index is 0.0518. The summed E-state index contributed by atoms with van der Waals surface area (Å²) in [5.74, 6) is -1.47. The molecule has 0 spiro atoms. The number of hydrogen-bond acceptors (Lipinski definition) is 6. The van der Waals surface area contributed by atoms with E-state index in [0.717, 1.165) is 38.5 Å². The van der Waals surface area contributed by atoms with Gasteiger partial charge in [0.05, 0.1) is 34.4 Å². The first-order valence-corrected chi connectivity index (χ1v) is 24.4. The van der Waals surface area contributed by atoms with Crippen molar-refractivity contribution in [2.45, 2.75) is 238 Å². The summed E-state index contributed by atoms with van der Waals surface area (Å²) in [5, 5.41) is 9.64. The zero-order chi connectivity index (χ0) is 42.8. The number of hydrogen-bond donors (Lipinski definition) is 1. The number of ether oxygens (including phenoxy) is 3. The second-order valence-electron chi connectivity index (χ2n) is 17.7. The molecule has 2 unspecified atom stereocenters. The maximum absolute atomic E-state index is 12.8. The van der Waals surface area contributed by atoms with Crippen LogP contribution in [0.4, 0.5) is 0 Å². The highest BCUT2D eigenvalue weighted by atomic mass is 16.6. The van der Waals surface area contributed by atoms with Crippen LogP contribution < -0.4 is 0 Å². The monoisotopic (exact) mass is 821 g/mol. The summed E-state index contributed by atoms with van der Waals surface area (Å²) in [6.07, 6.45) is 46.4. The van der Waals surface area contributed by atoms with E-state index in [2.05, 4.69) is 38.2 Å². The smallest absolute Gasteiger partial charge is 0.362 e. The Balaban J connectivity index is 4.27. The lowest BCUT2D eigenvalue weighted by Crippen LogP contribution is -2.50. The lowest BCUT2D eigenvalue weighted by Gasteiger charge is -2.31. The second kappa shape index (κ2) is 41.5. The molecule has 0 aromatic rings. The molecule has 8 nitrogen and oxygen atoms in total. The number of carbonyl (C=O) groups excluding carboxylic acids is 2. The van der Waals surface area contributed by atoms with Crippen molar-refractivity contribution in [1.82, 2.24) is 0 Å². The number of unbranched alkanes of at least 4 members (excludes halogenated alkanes) is 26. The molecule has 0 saturated carbocycles. The number of carbonyl (C=O) groups is 3. The molecular weight excluding hydrogens is 727 g/mol. The fraction of sp³-hybridized carbons (Fsp3) is 0.860. The summed E-state index contributed by atoms with van der Waals surface area (Å²) in [6.45, 7) is 4.74. The Morgan fingerprint density at radius 3 is 1.26 bits per heavy atom. The van der Waals surface area contributed by atoms with E-state index >= 15 is 0 Å². The van der Waals surface area contributed by atoms with Crippen molar-refractivity contribution in [1.29, 1.82) is 0 Å². The number of aliphatic carboxylic acids is 1. The number of likely N-dealkylation sites (N-methyl/N-ethyl adjacent to an activating group) is 1. The zero-order valence-electron chi connectivity index (χ0n) is 38.8. The van der Waals surface area contributed by atoms with Crippen molar-refractivity contribution < 1.29 is 38.2 Å². The molecule has 0 aromatic heterocycles. The van der Waals surface area contributed by atoms with Gasteiger partial charge < -0.3 is 23.8 Å². The highest BCUT2D eigenvalue weighted by molar-refractivity contribution is 5.72. The molecule has 0 heterocycles. The van der Waals surface area contributed by atoms with E-state index in [1.807, 2.05) is 21.1 Å². The summed E-state index contributed by atoms with van der Waals surface area (Å²) in [7, 11) is 5.53. The molecule has 1 N–H and O–H groups in total. The van der Waals surface area contributed by atoms with Crippen LogP contribution in [-0.4, -0.2) is 80.6 Å². The van der Waals surface area contributed by atoms with E-state index in [4.69, 9.17) is 14.2 Å². The second-order valence-corrected chi connectivity index (χ2v) is 17.7. The molecule has 0 rings (SSSR count).